The van der Waals surface area contributed by atoms with E-state index in [2.05, 4.69) is 5.10 Å². The lowest BCUT2D eigenvalue weighted by atomic mass is 10.3. The van der Waals surface area contributed by atoms with Crippen LogP contribution in [0.3, 0.4) is 0 Å². The number of hydrogen-bond acceptors (Lipinski definition) is 5. The first-order valence-corrected chi connectivity index (χ1v) is 8.08. The van der Waals surface area contributed by atoms with Crippen molar-refractivity contribution >= 4 is 46.6 Å². The number of nitro groups is 1. The molecule has 1 N–H and O–H groups in total. The molecule has 10 heteroatoms. The van der Waals surface area contributed by atoms with Gasteiger partial charge in [0.15, 0.2) is 15.6 Å². The van der Waals surface area contributed by atoms with Gasteiger partial charge in [-0.1, -0.05) is 53.2 Å². The van der Waals surface area contributed by atoms with Crippen LogP contribution >= 0.6 is 35.0 Å². The Morgan fingerprint density at radius 2 is 2.00 bits per heavy atom. The number of rotatable bonds is 6. The van der Waals surface area contributed by atoms with Crippen LogP contribution in [0.4, 0.5) is 5.69 Å². The number of benzene rings is 1. The molecule has 2 rings (SSSR count). The van der Waals surface area contributed by atoms with E-state index in [1.807, 2.05) is 0 Å². The molecular formula is C13H11Cl2N3O4S. The Balaban J connectivity index is 2.64. The van der Waals surface area contributed by atoms with Crippen LogP contribution in [0.15, 0.2) is 35.4 Å². The molecule has 23 heavy (non-hydrogen) atoms. The Bertz CT molecular complexity index is 736. The fraction of sp³-hybridized carbons (Fsp3) is 0.231. The molecule has 0 fully saturated rings. The molecule has 122 valence electrons. The number of halogens is 2. The Morgan fingerprint density at radius 1 is 1.39 bits per heavy atom. The van der Waals surface area contributed by atoms with Crippen molar-refractivity contribution < 1.29 is 14.8 Å². The predicted octanol–water partition coefficient (Wildman–Crippen LogP) is 3.82. The highest BCUT2D eigenvalue weighted by Crippen LogP contribution is 2.41. The average Bonchev–Trinajstić information content (AvgIpc) is 2.87. The Labute approximate surface area is 145 Å². The van der Waals surface area contributed by atoms with Crippen LogP contribution in [-0.2, 0) is 4.79 Å². The van der Waals surface area contributed by atoms with Gasteiger partial charge in [0, 0.05) is 0 Å². The number of alkyl halides is 2. The number of aliphatic carboxylic acids is 1. The average molecular weight is 376 g/mol. The van der Waals surface area contributed by atoms with Gasteiger partial charge in [-0.3, -0.25) is 14.9 Å². The van der Waals surface area contributed by atoms with Crippen molar-refractivity contribution in [3.63, 3.8) is 0 Å². The van der Waals surface area contributed by atoms with Gasteiger partial charge >= 0.3 is 11.7 Å². The van der Waals surface area contributed by atoms with Crippen LogP contribution in [0, 0.1) is 10.1 Å². The molecule has 1 aromatic carbocycles. The minimum absolute atomic E-state index is 0.00961. The minimum Gasteiger partial charge on any atom is -0.480 e. The van der Waals surface area contributed by atoms with Crippen molar-refractivity contribution in [2.45, 2.75) is 22.0 Å². The molecule has 7 nitrogen and oxygen atoms in total. The van der Waals surface area contributed by atoms with E-state index in [-0.39, 0.29) is 16.4 Å². The third-order valence-corrected chi connectivity index (χ3v) is 4.36. The Kier molecular flexibility index (Phi) is 5.51. The number of carboxylic acids is 1. The fourth-order valence-electron chi connectivity index (χ4n) is 1.83. The standard InChI is InChI=1S/C13H11Cl2N3O4S/c1-7(13(19)20)23-12-10(18(21)22)9(11(14)15)17(16-12)8-5-3-2-4-6-8/h2-7,11H,1H3,(H,19,20). The maximum Gasteiger partial charge on any atom is 0.327 e. The van der Waals surface area contributed by atoms with Gasteiger partial charge in [0.05, 0.1) is 10.6 Å². The second-order valence-corrected chi connectivity index (χ2v) is 6.87. The number of para-hydroxylation sites is 1. The lowest BCUT2D eigenvalue weighted by Crippen LogP contribution is -2.11. The molecule has 0 saturated heterocycles. The minimum atomic E-state index is -1.20. The van der Waals surface area contributed by atoms with Crippen LogP contribution in [-0.4, -0.2) is 31.0 Å². The highest BCUT2D eigenvalue weighted by molar-refractivity contribution is 8.00. The number of carboxylic acid groups (broad SMARTS) is 1. The molecular weight excluding hydrogens is 365 g/mol. The topological polar surface area (TPSA) is 98.3 Å². The van der Waals surface area contributed by atoms with E-state index >= 15 is 0 Å². The summed E-state index contributed by atoms with van der Waals surface area (Å²) in [6.07, 6.45) is 0. The van der Waals surface area contributed by atoms with Crippen LogP contribution < -0.4 is 0 Å². The highest BCUT2D eigenvalue weighted by Gasteiger charge is 2.34. The maximum absolute atomic E-state index is 11.4. The lowest BCUT2D eigenvalue weighted by molar-refractivity contribution is -0.388. The van der Waals surface area contributed by atoms with Gasteiger partial charge in [0.1, 0.15) is 5.25 Å². The SMILES string of the molecule is CC(Sc1nn(-c2ccccc2)c(C(Cl)Cl)c1[N+](=O)[O-])C(=O)O. The van der Waals surface area contributed by atoms with Gasteiger partial charge in [-0.2, -0.15) is 5.10 Å². The summed E-state index contributed by atoms with van der Waals surface area (Å²) in [7, 11) is 0. The molecule has 1 aromatic heterocycles. The van der Waals surface area contributed by atoms with Crippen LogP contribution in [0.2, 0.25) is 0 Å². The van der Waals surface area contributed by atoms with Gasteiger partial charge in [0.25, 0.3) is 0 Å². The summed E-state index contributed by atoms with van der Waals surface area (Å²) < 4.78 is 1.26. The second kappa shape index (κ2) is 7.20. The van der Waals surface area contributed by atoms with E-state index in [1.165, 1.54) is 11.6 Å². The number of nitrogens with zero attached hydrogens (tertiary/aromatic N) is 3. The molecule has 1 unspecified atom stereocenters. The first-order chi connectivity index (χ1) is 10.8. The molecule has 0 aliphatic rings. The summed E-state index contributed by atoms with van der Waals surface area (Å²) in [6, 6.07) is 8.62. The van der Waals surface area contributed by atoms with Crippen molar-refractivity contribution in [1.29, 1.82) is 0 Å². The molecule has 1 atom stereocenters. The predicted molar refractivity (Wildman–Crippen MR) is 87.6 cm³/mol. The molecule has 1 heterocycles. The van der Waals surface area contributed by atoms with Gasteiger partial charge in [-0.25, -0.2) is 4.68 Å². The first-order valence-electron chi connectivity index (χ1n) is 6.33. The third kappa shape index (κ3) is 3.77. The zero-order valence-electron chi connectivity index (χ0n) is 11.7. The van der Waals surface area contributed by atoms with Gasteiger partial charge < -0.3 is 5.11 Å². The first kappa shape index (κ1) is 17.6. The van der Waals surface area contributed by atoms with Crippen LogP contribution in [0.5, 0.6) is 0 Å². The normalized spacial score (nSPS) is 12.3. The molecule has 2 aromatic rings. The summed E-state index contributed by atoms with van der Waals surface area (Å²) in [5.41, 5.74) is 0.137. The Hall–Kier alpha value is -1.77. The monoisotopic (exact) mass is 375 g/mol. The molecule has 0 saturated carbocycles. The van der Waals surface area contributed by atoms with Crippen molar-refractivity contribution in [3.8, 4) is 5.69 Å². The Morgan fingerprint density at radius 3 is 2.48 bits per heavy atom. The van der Waals surface area contributed by atoms with E-state index in [1.54, 1.807) is 30.3 Å². The second-order valence-electron chi connectivity index (χ2n) is 4.44. The molecule has 0 bridgehead atoms. The third-order valence-electron chi connectivity index (χ3n) is 2.89. The van der Waals surface area contributed by atoms with Gasteiger partial charge in [0.2, 0.25) is 0 Å². The number of carbonyl (C=O) groups is 1. The number of thioether (sulfide) groups is 1. The van der Waals surface area contributed by atoms with E-state index < -0.39 is 21.0 Å². The fourth-order valence-corrected chi connectivity index (χ4v) is 3.08. The number of aromatic nitrogens is 2. The summed E-state index contributed by atoms with van der Waals surface area (Å²) >= 11 is 12.6. The van der Waals surface area contributed by atoms with Crippen molar-refractivity contribution in [2.24, 2.45) is 0 Å². The van der Waals surface area contributed by atoms with E-state index in [0.29, 0.717) is 5.69 Å². The van der Waals surface area contributed by atoms with Gasteiger partial charge in [-0.05, 0) is 19.1 Å². The van der Waals surface area contributed by atoms with E-state index in [9.17, 15) is 14.9 Å². The largest absolute Gasteiger partial charge is 0.480 e. The maximum atomic E-state index is 11.4. The number of hydrogen-bond donors (Lipinski definition) is 1. The van der Waals surface area contributed by atoms with Crippen molar-refractivity contribution in [2.75, 3.05) is 0 Å². The molecule has 0 amide bonds. The van der Waals surface area contributed by atoms with E-state index in [4.69, 9.17) is 28.3 Å². The zero-order valence-corrected chi connectivity index (χ0v) is 14.0. The highest BCUT2D eigenvalue weighted by atomic mass is 35.5. The summed E-state index contributed by atoms with van der Waals surface area (Å²) in [6.45, 7) is 1.41. The zero-order chi connectivity index (χ0) is 17.1. The smallest absolute Gasteiger partial charge is 0.327 e. The van der Waals surface area contributed by atoms with E-state index in [0.717, 1.165) is 11.8 Å². The van der Waals surface area contributed by atoms with Gasteiger partial charge in [-0.15, -0.1) is 0 Å². The molecule has 0 spiro atoms. The quantitative estimate of drug-likeness (QED) is 0.356. The summed E-state index contributed by atoms with van der Waals surface area (Å²) in [4.78, 5) is 20.6. The van der Waals surface area contributed by atoms with Crippen LogP contribution in [0.1, 0.15) is 17.5 Å². The van der Waals surface area contributed by atoms with Crippen molar-refractivity contribution in [1.82, 2.24) is 9.78 Å². The molecule has 0 aliphatic heterocycles. The lowest BCUT2D eigenvalue weighted by Gasteiger charge is -2.06. The van der Waals surface area contributed by atoms with Crippen LogP contribution in [0.25, 0.3) is 5.69 Å². The van der Waals surface area contributed by atoms with Crippen molar-refractivity contribution in [3.05, 3.63) is 46.1 Å². The molecule has 0 aliphatic carbocycles. The summed E-state index contributed by atoms with van der Waals surface area (Å²) in [5.74, 6) is -1.10. The summed E-state index contributed by atoms with van der Waals surface area (Å²) in [5, 5.41) is 23.6. The molecule has 0 radical (unpaired) electrons.